The van der Waals surface area contributed by atoms with Gasteiger partial charge in [-0.25, -0.2) is 9.48 Å². The second kappa shape index (κ2) is 9.25. The van der Waals surface area contributed by atoms with E-state index >= 15 is 0 Å². The van der Waals surface area contributed by atoms with Crippen LogP contribution in [0.5, 0.6) is 5.75 Å². The predicted molar refractivity (Wildman–Crippen MR) is 109 cm³/mol. The van der Waals surface area contributed by atoms with Crippen LogP contribution in [0.1, 0.15) is 21.6 Å². The number of methoxy groups -OCH3 is 1. The first-order chi connectivity index (χ1) is 14.0. The number of ether oxygens (including phenoxy) is 2. The van der Waals surface area contributed by atoms with Crippen molar-refractivity contribution in [3.8, 4) is 5.75 Å². The van der Waals surface area contributed by atoms with Crippen LogP contribution in [0.15, 0.2) is 54.6 Å². The summed E-state index contributed by atoms with van der Waals surface area (Å²) in [7, 11) is 1.56. The van der Waals surface area contributed by atoms with Crippen molar-refractivity contribution in [2.45, 2.75) is 13.5 Å². The quantitative estimate of drug-likeness (QED) is 0.597. The van der Waals surface area contributed by atoms with E-state index in [2.05, 4.69) is 10.4 Å². The minimum absolute atomic E-state index is 0.153. The summed E-state index contributed by atoms with van der Waals surface area (Å²) >= 11 is 6.34. The van der Waals surface area contributed by atoms with Gasteiger partial charge < -0.3 is 14.8 Å². The third-order valence-corrected chi connectivity index (χ3v) is 4.54. The second-order valence-corrected chi connectivity index (χ2v) is 6.61. The smallest absolute Gasteiger partial charge is 0.343 e. The molecule has 0 fully saturated rings. The molecule has 0 spiro atoms. The van der Waals surface area contributed by atoms with Crippen molar-refractivity contribution in [1.29, 1.82) is 0 Å². The van der Waals surface area contributed by atoms with Crippen molar-refractivity contribution in [3.05, 3.63) is 76.6 Å². The SMILES string of the molecule is COc1ccc(NC(=O)COC(=O)c2c(C)nn(Cc3ccccc3)c2Cl)cc1. The Balaban J connectivity index is 1.60. The first-order valence-corrected chi connectivity index (χ1v) is 9.23. The van der Waals surface area contributed by atoms with Crippen molar-refractivity contribution >= 4 is 29.2 Å². The highest BCUT2D eigenvalue weighted by Gasteiger charge is 2.22. The van der Waals surface area contributed by atoms with Gasteiger partial charge in [-0.1, -0.05) is 41.9 Å². The molecular formula is C21H20ClN3O4. The van der Waals surface area contributed by atoms with Crippen molar-refractivity contribution in [2.75, 3.05) is 19.0 Å². The van der Waals surface area contributed by atoms with Gasteiger partial charge in [0.2, 0.25) is 0 Å². The van der Waals surface area contributed by atoms with E-state index in [1.165, 1.54) is 4.68 Å². The van der Waals surface area contributed by atoms with Gasteiger partial charge in [-0.15, -0.1) is 0 Å². The molecule has 8 heteroatoms. The van der Waals surface area contributed by atoms with Crippen LogP contribution >= 0.6 is 11.6 Å². The molecule has 0 radical (unpaired) electrons. The molecule has 2 aromatic carbocycles. The van der Waals surface area contributed by atoms with Crippen LogP contribution in [-0.2, 0) is 16.1 Å². The Kier molecular flexibility index (Phi) is 6.51. The van der Waals surface area contributed by atoms with Gasteiger partial charge in [0.05, 0.1) is 19.3 Å². The third kappa shape index (κ3) is 5.14. The van der Waals surface area contributed by atoms with Crippen molar-refractivity contribution in [3.63, 3.8) is 0 Å². The van der Waals surface area contributed by atoms with E-state index in [-0.39, 0.29) is 10.7 Å². The fourth-order valence-corrected chi connectivity index (χ4v) is 3.03. The highest BCUT2D eigenvalue weighted by Crippen LogP contribution is 2.22. The van der Waals surface area contributed by atoms with Crippen LogP contribution < -0.4 is 10.1 Å². The second-order valence-electron chi connectivity index (χ2n) is 6.25. The number of hydrogen-bond donors (Lipinski definition) is 1. The zero-order chi connectivity index (χ0) is 20.8. The number of aromatic nitrogens is 2. The highest BCUT2D eigenvalue weighted by atomic mass is 35.5. The lowest BCUT2D eigenvalue weighted by atomic mass is 10.2. The molecule has 0 saturated carbocycles. The summed E-state index contributed by atoms with van der Waals surface area (Å²) in [6.45, 7) is 1.65. The normalized spacial score (nSPS) is 10.4. The number of nitrogens with zero attached hydrogens (tertiary/aromatic N) is 2. The molecule has 0 bridgehead atoms. The average Bonchev–Trinajstić information content (AvgIpc) is 3.00. The Morgan fingerprint density at radius 2 is 1.79 bits per heavy atom. The van der Waals surface area contributed by atoms with Gasteiger partial charge in [-0.05, 0) is 36.8 Å². The van der Waals surface area contributed by atoms with E-state index in [9.17, 15) is 9.59 Å². The van der Waals surface area contributed by atoms with Crippen LogP contribution in [-0.4, -0.2) is 35.4 Å². The van der Waals surface area contributed by atoms with Crippen LogP contribution in [0.3, 0.4) is 0 Å². The molecule has 7 nitrogen and oxygen atoms in total. The standard InChI is InChI=1S/C21H20ClN3O4/c1-14-19(20(22)25(24-14)12-15-6-4-3-5-7-15)21(27)29-13-18(26)23-16-8-10-17(28-2)11-9-16/h3-11H,12-13H2,1-2H3,(H,23,26). The van der Waals surface area contributed by atoms with Crippen LogP contribution in [0.4, 0.5) is 5.69 Å². The van der Waals surface area contributed by atoms with E-state index in [0.717, 1.165) is 5.56 Å². The van der Waals surface area contributed by atoms with E-state index in [0.29, 0.717) is 23.7 Å². The van der Waals surface area contributed by atoms with Gasteiger partial charge in [0.25, 0.3) is 5.91 Å². The molecule has 0 aliphatic rings. The minimum Gasteiger partial charge on any atom is -0.497 e. The number of esters is 1. The number of hydrogen-bond acceptors (Lipinski definition) is 5. The fraction of sp³-hybridized carbons (Fsp3) is 0.190. The molecule has 0 saturated heterocycles. The molecule has 1 amide bonds. The van der Waals surface area contributed by atoms with Crippen molar-refractivity contribution in [1.82, 2.24) is 9.78 Å². The first kappa shape index (κ1) is 20.4. The molecule has 1 aromatic heterocycles. The molecule has 3 aromatic rings. The summed E-state index contributed by atoms with van der Waals surface area (Å²) < 4.78 is 11.7. The number of carbonyl (C=O) groups is 2. The van der Waals surface area contributed by atoms with E-state index in [4.69, 9.17) is 21.1 Å². The maximum atomic E-state index is 12.4. The molecule has 0 atom stereocenters. The largest absolute Gasteiger partial charge is 0.497 e. The van der Waals surface area contributed by atoms with E-state index in [1.807, 2.05) is 30.3 Å². The average molecular weight is 414 g/mol. The topological polar surface area (TPSA) is 82.4 Å². The number of anilines is 1. The third-order valence-electron chi connectivity index (χ3n) is 4.15. The Morgan fingerprint density at radius 1 is 1.10 bits per heavy atom. The summed E-state index contributed by atoms with van der Waals surface area (Å²) in [5.74, 6) is -0.488. The van der Waals surface area contributed by atoms with Gasteiger partial charge in [0, 0.05) is 5.69 Å². The highest BCUT2D eigenvalue weighted by molar-refractivity contribution is 6.32. The van der Waals surface area contributed by atoms with E-state index < -0.39 is 18.5 Å². The number of amides is 1. The molecule has 1 N–H and O–H groups in total. The van der Waals surface area contributed by atoms with Crippen LogP contribution in [0.25, 0.3) is 0 Å². The van der Waals surface area contributed by atoms with Crippen LogP contribution in [0, 0.1) is 6.92 Å². The number of nitrogens with one attached hydrogen (secondary N) is 1. The van der Waals surface area contributed by atoms with Crippen molar-refractivity contribution in [2.24, 2.45) is 0 Å². The maximum absolute atomic E-state index is 12.4. The molecule has 150 valence electrons. The summed E-state index contributed by atoms with van der Waals surface area (Å²) in [4.78, 5) is 24.5. The predicted octanol–water partition coefficient (Wildman–Crippen LogP) is 3.70. The molecule has 0 aliphatic carbocycles. The molecule has 29 heavy (non-hydrogen) atoms. The van der Waals surface area contributed by atoms with Gasteiger partial charge in [-0.2, -0.15) is 5.10 Å². The molecule has 1 heterocycles. The lowest BCUT2D eigenvalue weighted by Crippen LogP contribution is -2.21. The van der Waals surface area contributed by atoms with Gasteiger partial charge >= 0.3 is 5.97 Å². The summed E-state index contributed by atoms with van der Waals surface area (Å²) in [5, 5.41) is 7.12. The zero-order valence-electron chi connectivity index (χ0n) is 16.0. The maximum Gasteiger partial charge on any atom is 0.343 e. The lowest BCUT2D eigenvalue weighted by Gasteiger charge is -2.07. The molecular weight excluding hydrogens is 394 g/mol. The molecule has 0 aliphatic heterocycles. The van der Waals surface area contributed by atoms with Crippen LogP contribution in [0.2, 0.25) is 5.15 Å². The minimum atomic E-state index is -0.698. The molecule has 0 unspecified atom stereocenters. The lowest BCUT2D eigenvalue weighted by molar-refractivity contribution is -0.119. The summed E-state index contributed by atoms with van der Waals surface area (Å²) in [6, 6.07) is 16.4. The number of rotatable bonds is 7. The molecule has 3 rings (SSSR count). The first-order valence-electron chi connectivity index (χ1n) is 8.86. The summed E-state index contributed by atoms with van der Waals surface area (Å²) in [5.41, 5.74) is 2.15. The Hall–Kier alpha value is -3.32. The Bertz CT molecular complexity index is 1000. The van der Waals surface area contributed by atoms with Gasteiger partial charge in [0.15, 0.2) is 6.61 Å². The number of halogens is 1. The zero-order valence-corrected chi connectivity index (χ0v) is 16.8. The number of carbonyl (C=O) groups excluding carboxylic acids is 2. The number of benzene rings is 2. The number of aryl methyl sites for hydroxylation is 1. The van der Waals surface area contributed by atoms with Crippen molar-refractivity contribution < 1.29 is 19.1 Å². The van der Waals surface area contributed by atoms with E-state index in [1.54, 1.807) is 38.3 Å². The fourth-order valence-electron chi connectivity index (χ4n) is 2.72. The monoisotopic (exact) mass is 413 g/mol. The Labute approximate surface area is 173 Å². The summed E-state index contributed by atoms with van der Waals surface area (Å²) in [6.07, 6.45) is 0. The van der Waals surface area contributed by atoms with Gasteiger partial charge in [0.1, 0.15) is 16.5 Å². The van der Waals surface area contributed by atoms with Gasteiger partial charge in [-0.3, -0.25) is 4.79 Å². The Morgan fingerprint density at radius 3 is 2.45 bits per heavy atom.